The first-order valence-electron chi connectivity index (χ1n) is 6.17. The van der Waals surface area contributed by atoms with E-state index < -0.39 is 27.2 Å². The second-order valence-electron chi connectivity index (χ2n) is 4.35. The van der Waals surface area contributed by atoms with E-state index >= 15 is 0 Å². The van der Waals surface area contributed by atoms with Gasteiger partial charge in [-0.2, -0.15) is 0 Å². The topological polar surface area (TPSA) is 139 Å². The average Bonchev–Trinajstić information content (AvgIpc) is 2.52. The largest absolute Gasteiger partial charge is 1.00 e. The average molecular weight is 337 g/mol. The molecule has 0 aliphatic heterocycles. The molecule has 0 unspecified atom stereocenters. The summed E-state index contributed by atoms with van der Waals surface area (Å²) in [5.74, 6) is -1.32. The van der Waals surface area contributed by atoms with E-state index in [1.54, 1.807) is 0 Å². The molecule has 10 heteroatoms. The molecule has 0 amide bonds. The Labute approximate surface area is 157 Å². The van der Waals surface area contributed by atoms with Crippen LogP contribution >= 0.6 is 0 Å². The van der Waals surface area contributed by atoms with E-state index in [0.717, 1.165) is 12.1 Å². The zero-order chi connectivity index (χ0) is 17.0. The molecular formula is C14H8N3NaO6. The summed E-state index contributed by atoms with van der Waals surface area (Å²) in [5, 5.41) is 32.2. The fourth-order valence-electron chi connectivity index (χ4n) is 1.73. The second kappa shape index (κ2) is 8.29. The summed E-state index contributed by atoms with van der Waals surface area (Å²) in [6.45, 7) is 0. The Morgan fingerprint density at radius 1 is 1.00 bits per heavy atom. The van der Waals surface area contributed by atoms with Crippen LogP contribution in [0, 0.1) is 20.2 Å². The van der Waals surface area contributed by atoms with Crippen LogP contribution in [0.15, 0.2) is 47.5 Å². The molecular weight excluding hydrogens is 329 g/mol. The minimum atomic E-state index is -1.32. The third-order valence-electron chi connectivity index (χ3n) is 2.87. The van der Waals surface area contributed by atoms with E-state index in [0.29, 0.717) is 5.56 Å². The van der Waals surface area contributed by atoms with E-state index in [2.05, 4.69) is 4.99 Å². The summed E-state index contributed by atoms with van der Waals surface area (Å²) in [7, 11) is 0. The summed E-state index contributed by atoms with van der Waals surface area (Å²) in [5.41, 5.74) is -0.466. The quantitative estimate of drug-likeness (QED) is 0.285. The maximum absolute atomic E-state index is 11.0. The number of nitro groups is 2. The molecule has 0 N–H and O–H groups in total. The summed E-state index contributed by atoms with van der Waals surface area (Å²) in [6.07, 6.45) is 1.28. The first kappa shape index (κ1) is 19.4. The van der Waals surface area contributed by atoms with Gasteiger partial charge in [-0.3, -0.25) is 20.2 Å². The van der Waals surface area contributed by atoms with Crippen molar-refractivity contribution in [2.75, 3.05) is 0 Å². The van der Waals surface area contributed by atoms with Crippen molar-refractivity contribution < 1.29 is 49.3 Å². The maximum Gasteiger partial charge on any atom is 1.00 e. The predicted molar refractivity (Wildman–Crippen MR) is 77.8 cm³/mol. The molecule has 0 saturated heterocycles. The molecule has 0 atom stereocenters. The summed E-state index contributed by atoms with van der Waals surface area (Å²) < 4.78 is 0. The molecule has 0 fully saturated rings. The molecule has 116 valence electrons. The van der Waals surface area contributed by atoms with Gasteiger partial charge in [0.15, 0.2) is 0 Å². The van der Waals surface area contributed by atoms with Crippen molar-refractivity contribution in [2.24, 2.45) is 4.99 Å². The van der Waals surface area contributed by atoms with Gasteiger partial charge in [0.25, 0.3) is 5.69 Å². The zero-order valence-corrected chi connectivity index (χ0v) is 14.4. The number of hydrogen-bond donors (Lipinski definition) is 0. The van der Waals surface area contributed by atoms with Crippen molar-refractivity contribution >= 4 is 29.2 Å². The minimum Gasteiger partial charge on any atom is -0.545 e. The zero-order valence-electron chi connectivity index (χ0n) is 12.4. The molecule has 2 aromatic carbocycles. The Morgan fingerprint density at radius 3 is 2.12 bits per heavy atom. The van der Waals surface area contributed by atoms with Crippen LogP contribution in [-0.2, 0) is 0 Å². The van der Waals surface area contributed by atoms with Crippen molar-refractivity contribution in [3.63, 3.8) is 0 Å². The van der Waals surface area contributed by atoms with Gasteiger partial charge in [0.05, 0.1) is 21.9 Å². The van der Waals surface area contributed by atoms with Gasteiger partial charge in [0, 0.05) is 12.3 Å². The third kappa shape index (κ3) is 4.69. The van der Waals surface area contributed by atoms with E-state index in [4.69, 9.17) is 0 Å². The molecule has 24 heavy (non-hydrogen) atoms. The minimum absolute atomic E-state index is 0. The first-order chi connectivity index (χ1) is 10.9. The Hall–Kier alpha value is -2.62. The molecule has 0 aromatic heterocycles. The maximum atomic E-state index is 11.0. The number of carbonyl (C=O) groups is 1. The van der Waals surface area contributed by atoms with E-state index in [1.165, 1.54) is 36.5 Å². The van der Waals surface area contributed by atoms with Crippen molar-refractivity contribution in [1.29, 1.82) is 0 Å². The summed E-state index contributed by atoms with van der Waals surface area (Å²) in [6, 6.07) is 8.62. The monoisotopic (exact) mass is 337 g/mol. The Balaban J connectivity index is 0.00000288. The number of aliphatic imine (C=N–C) groups is 1. The van der Waals surface area contributed by atoms with E-state index in [1.807, 2.05) is 0 Å². The van der Waals surface area contributed by atoms with Crippen LogP contribution in [0.2, 0.25) is 0 Å². The van der Waals surface area contributed by atoms with Crippen molar-refractivity contribution in [3.05, 3.63) is 73.8 Å². The van der Waals surface area contributed by atoms with Crippen molar-refractivity contribution in [2.45, 2.75) is 0 Å². The molecule has 0 aliphatic rings. The SMILES string of the molecule is O=C([O-])c1ccc(C=Nc2ccc([N+](=O)[O-])cc2[N+](=O)[O-])cc1.[Na+]. The first-order valence-corrected chi connectivity index (χ1v) is 6.17. The van der Waals surface area contributed by atoms with Gasteiger partial charge in [0.2, 0.25) is 0 Å². The van der Waals surface area contributed by atoms with Gasteiger partial charge in [-0.1, -0.05) is 24.3 Å². The molecule has 2 aromatic rings. The van der Waals surface area contributed by atoms with Crippen molar-refractivity contribution in [3.8, 4) is 0 Å². The molecule has 0 spiro atoms. The number of benzene rings is 2. The second-order valence-corrected chi connectivity index (χ2v) is 4.35. The molecule has 0 aliphatic carbocycles. The van der Waals surface area contributed by atoms with Crippen LogP contribution in [-0.4, -0.2) is 22.0 Å². The molecule has 0 saturated carbocycles. The molecule has 0 bridgehead atoms. The van der Waals surface area contributed by atoms with Crippen LogP contribution < -0.4 is 34.7 Å². The Kier molecular flexibility index (Phi) is 6.71. The van der Waals surface area contributed by atoms with Gasteiger partial charge in [-0.05, 0) is 17.2 Å². The summed E-state index contributed by atoms with van der Waals surface area (Å²) in [4.78, 5) is 34.7. The number of carbonyl (C=O) groups excluding carboxylic acids is 1. The fraction of sp³-hybridized carbons (Fsp3) is 0. The van der Waals surface area contributed by atoms with Gasteiger partial charge >= 0.3 is 35.2 Å². The standard InChI is InChI=1S/C14H9N3O6.Na/c18-14(19)10-3-1-9(2-4-10)8-15-12-6-5-11(16(20)21)7-13(12)17(22)23;/h1-8H,(H,18,19);/q;+1/p-1. The Bertz CT molecular complexity index is 820. The van der Waals surface area contributed by atoms with Crippen LogP contribution in [0.1, 0.15) is 15.9 Å². The van der Waals surface area contributed by atoms with Crippen LogP contribution in [0.4, 0.5) is 17.1 Å². The van der Waals surface area contributed by atoms with Crippen molar-refractivity contribution in [1.82, 2.24) is 0 Å². The van der Waals surface area contributed by atoms with E-state index in [9.17, 15) is 30.1 Å². The number of nitro benzene ring substituents is 2. The van der Waals surface area contributed by atoms with Gasteiger partial charge < -0.3 is 9.90 Å². The normalized spacial score (nSPS) is 10.2. The van der Waals surface area contributed by atoms with Crippen LogP contribution in [0.3, 0.4) is 0 Å². The van der Waals surface area contributed by atoms with Gasteiger partial charge in [-0.25, -0.2) is 4.99 Å². The summed E-state index contributed by atoms with van der Waals surface area (Å²) >= 11 is 0. The smallest absolute Gasteiger partial charge is 0.545 e. The number of nitrogens with zero attached hydrogens (tertiary/aromatic N) is 3. The Morgan fingerprint density at radius 2 is 1.62 bits per heavy atom. The molecule has 2 rings (SSSR count). The predicted octanol–water partition coefficient (Wildman–Crippen LogP) is -1.38. The van der Waals surface area contributed by atoms with E-state index in [-0.39, 0.29) is 40.8 Å². The van der Waals surface area contributed by atoms with Crippen LogP contribution in [0.5, 0.6) is 0 Å². The molecule has 0 heterocycles. The third-order valence-corrected chi connectivity index (χ3v) is 2.87. The number of rotatable bonds is 5. The van der Waals surface area contributed by atoms with Gasteiger partial charge in [-0.15, -0.1) is 0 Å². The fourth-order valence-corrected chi connectivity index (χ4v) is 1.73. The molecule has 9 nitrogen and oxygen atoms in total. The number of carboxylic acid groups (broad SMARTS) is 1. The number of carboxylic acids is 1. The number of aromatic carboxylic acids is 1. The number of hydrogen-bond acceptors (Lipinski definition) is 7. The number of non-ortho nitro benzene ring substituents is 1. The van der Waals surface area contributed by atoms with Crippen LogP contribution in [0.25, 0.3) is 0 Å². The van der Waals surface area contributed by atoms with Gasteiger partial charge in [0.1, 0.15) is 5.69 Å². The molecule has 0 radical (unpaired) electrons.